The van der Waals surface area contributed by atoms with Gasteiger partial charge in [-0.1, -0.05) is 48.9 Å². The van der Waals surface area contributed by atoms with Crippen LogP contribution in [0, 0.1) is 34.9 Å². The summed E-state index contributed by atoms with van der Waals surface area (Å²) >= 11 is 0. The Hall–Kier alpha value is -2.61. The number of aliphatic hydroxyl groups is 1. The number of alkyl halides is 5. The summed E-state index contributed by atoms with van der Waals surface area (Å²) in [7, 11) is 0. The Balaban J connectivity index is 1.44. The van der Waals surface area contributed by atoms with E-state index in [1.165, 1.54) is 19.1 Å². The minimum absolute atomic E-state index is 0.00533. The number of halogens is 6. The number of carbonyl (C=O) groups is 1. The summed E-state index contributed by atoms with van der Waals surface area (Å²) in [6.45, 7) is 1.44. The van der Waals surface area contributed by atoms with Gasteiger partial charge in [0.1, 0.15) is 11.4 Å². The van der Waals surface area contributed by atoms with E-state index >= 15 is 8.78 Å². The second-order valence-corrected chi connectivity index (χ2v) is 12.5. The topological polar surface area (TPSA) is 37.3 Å². The molecule has 0 amide bonds. The van der Waals surface area contributed by atoms with Gasteiger partial charge in [0, 0.05) is 11.8 Å². The van der Waals surface area contributed by atoms with Crippen LogP contribution in [0.3, 0.4) is 0 Å². The Morgan fingerprint density at radius 3 is 2.10 bits per heavy atom. The molecule has 2 unspecified atom stereocenters. The second-order valence-electron chi connectivity index (χ2n) is 12.5. The zero-order valence-electron chi connectivity index (χ0n) is 22.2. The van der Waals surface area contributed by atoms with Gasteiger partial charge in [-0.2, -0.15) is 22.0 Å². The number of ketones is 1. The van der Waals surface area contributed by atoms with Crippen molar-refractivity contribution in [3.8, 4) is 11.1 Å². The molecule has 0 spiro atoms. The van der Waals surface area contributed by atoms with Gasteiger partial charge in [0.15, 0.2) is 5.78 Å². The van der Waals surface area contributed by atoms with Gasteiger partial charge in [-0.15, -0.1) is 0 Å². The molecule has 40 heavy (non-hydrogen) atoms. The maximum Gasteiger partial charge on any atom is 0.456 e. The summed E-state index contributed by atoms with van der Waals surface area (Å²) in [6.07, 6.45) is -2.40. The normalized spacial score (nSPS) is 36.0. The van der Waals surface area contributed by atoms with Crippen LogP contribution in [0.1, 0.15) is 63.4 Å². The van der Waals surface area contributed by atoms with Crippen molar-refractivity contribution in [2.24, 2.45) is 29.1 Å². The standard InChI is InChI=1S/C32H32F6O2/c1-29-17-26(20-4-2-18(3-5-20)19-6-9-22(33)10-7-19)28-24-13-11-23(39)16-21(24)8-12-25(28)27(29)14-15-30(29,40)31(34,35)32(36,37)38/h2-7,9-10,16,24-28,40H,8,11-15,17H2,1H3/t24-,25-,26?,27-,28+,29-,30?/m0/s1. The quantitative estimate of drug-likeness (QED) is 0.383. The molecule has 8 heteroatoms. The van der Waals surface area contributed by atoms with Crippen molar-refractivity contribution in [3.63, 3.8) is 0 Å². The predicted octanol–water partition coefficient (Wildman–Crippen LogP) is 8.26. The van der Waals surface area contributed by atoms with Gasteiger partial charge in [0.05, 0.1) is 0 Å². The van der Waals surface area contributed by atoms with Gasteiger partial charge in [0.2, 0.25) is 0 Å². The summed E-state index contributed by atoms with van der Waals surface area (Å²) in [6, 6.07) is 13.5. The Kier molecular flexibility index (Phi) is 6.34. The number of hydrogen-bond donors (Lipinski definition) is 1. The first kappa shape index (κ1) is 27.6. The molecular formula is C32H32F6O2. The van der Waals surface area contributed by atoms with Crippen molar-refractivity contribution in [1.82, 2.24) is 0 Å². The molecule has 3 saturated carbocycles. The van der Waals surface area contributed by atoms with Crippen LogP contribution >= 0.6 is 0 Å². The van der Waals surface area contributed by atoms with Crippen LogP contribution in [-0.2, 0) is 4.79 Å². The van der Waals surface area contributed by atoms with Crippen LogP contribution in [0.4, 0.5) is 26.3 Å². The van der Waals surface area contributed by atoms with E-state index in [1.807, 2.05) is 24.3 Å². The average Bonchev–Trinajstić information content (AvgIpc) is 3.19. The lowest BCUT2D eigenvalue weighted by Gasteiger charge is -2.59. The molecule has 0 aliphatic heterocycles. The van der Waals surface area contributed by atoms with Crippen LogP contribution < -0.4 is 0 Å². The lowest BCUT2D eigenvalue weighted by molar-refractivity contribution is -0.364. The molecule has 4 aliphatic rings. The van der Waals surface area contributed by atoms with Crippen LogP contribution in [0.25, 0.3) is 11.1 Å². The van der Waals surface area contributed by atoms with Crippen LogP contribution in [0.2, 0.25) is 0 Å². The third kappa shape index (κ3) is 3.92. The van der Waals surface area contributed by atoms with Crippen LogP contribution in [0.5, 0.6) is 0 Å². The zero-order valence-corrected chi connectivity index (χ0v) is 22.2. The fourth-order valence-corrected chi connectivity index (χ4v) is 8.97. The van der Waals surface area contributed by atoms with E-state index < -0.39 is 35.5 Å². The summed E-state index contributed by atoms with van der Waals surface area (Å²) < 4.78 is 84.8. The first-order valence-corrected chi connectivity index (χ1v) is 14.0. The first-order chi connectivity index (χ1) is 18.8. The molecule has 2 aromatic rings. The lowest BCUT2D eigenvalue weighted by atomic mass is 9.46. The van der Waals surface area contributed by atoms with Gasteiger partial charge in [0.25, 0.3) is 0 Å². The van der Waals surface area contributed by atoms with Crippen LogP contribution in [-0.4, -0.2) is 28.6 Å². The van der Waals surface area contributed by atoms with E-state index in [4.69, 9.17) is 0 Å². The zero-order chi connectivity index (χ0) is 28.7. The monoisotopic (exact) mass is 562 g/mol. The molecule has 0 bridgehead atoms. The number of allylic oxidation sites excluding steroid dienone is 1. The third-order valence-corrected chi connectivity index (χ3v) is 10.8. The second kappa shape index (κ2) is 9.20. The summed E-state index contributed by atoms with van der Waals surface area (Å²) in [4.78, 5) is 12.2. The Bertz CT molecular complexity index is 1330. The predicted molar refractivity (Wildman–Crippen MR) is 138 cm³/mol. The molecule has 7 atom stereocenters. The molecule has 2 nitrogen and oxygen atoms in total. The van der Waals surface area contributed by atoms with E-state index in [-0.39, 0.29) is 48.1 Å². The highest BCUT2D eigenvalue weighted by Crippen LogP contribution is 2.71. The molecule has 2 aromatic carbocycles. The molecule has 0 saturated heterocycles. The highest BCUT2D eigenvalue weighted by molar-refractivity contribution is 5.91. The molecule has 214 valence electrons. The van der Waals surface area contributed by atoms with Crippen molar-refractivity contribution in [2.75, 3.05) is 0 Å². The van der Waals surface area contributed by atoms with E-state index in [1.54, 1.807) is 18.2 Å². The molecule has 0 heterocycles. The van der Waals surface area contributed by atoms with Crippen molar-refractivity contribution >= 4 is 5.78 Å². The summed E-state index contributed by atoms with van der Waals surface area (Å²) in [5, 5.41) is 11.4. The lowest BCUT2D eigenvalue weighted by Crippen LogP contribution is -2.66. The molecule has 3 fully saturated rings. The number of fused-ring (bicyclic) bond motifs is 5. The molecule has 0 aromatic heterocycles. The van der Waals surface area contributed by atoms with Gasteiger partial charge in [-0.3, -0.25) is 4.79 Å². The van der Waals surface area contributed by atoms with Crippen molar-refractivity contribution in [1.29, 1.82) is 0 Å². The van der Waals surface area contributed by atoms with Gasteiger partial charge in [-0.05, 0) is 103 Å². The Labute approximate surface area is 229 Å². The van der Waals surface area contributed by atoms with Gasteiger partial charge in [-0.25, -0.2) is 4.39 Å². The van der Waals surface area contributed by atoms with E-state index in [2.05, 4.69) is 0 Å². The maximum absolute atomic E-state index is 15.1. The van der Waals surface area contributed by atoms with E-state index in [0.29, 0.717) is 25.7 Å². The fourth-order valence-electron chi connectivity index (χ4n) is 8.97. The highest BCUT2D eigenvalue weighted by atomic mass is 19.4. The number of carbonyl (C=O) groups excluding carboxylic acids is 1. The Morgan fingerprint density at radius 2 is 1.48 bits per heavy atom. The fraction of sp³-hybridized carbons (Fsp3) is 0.531. The highest BCUT2D eigenvalue weighted by Gasteiger charge is 2.79. The molecule has 6 rings (SSSR count). The van der Waals surface area contributed by atoms with Gasteiger partial charge < -0.3 is 5.11 Å². The third-order valence-electron chi connectivity index (χ3n) is 10.8. The van der Waals surface area contributed by atoms with Gasteiger partial charge >= 0.3 is 12.1 Å². The molecular weight excluding hydrogens is 530 g/mol. The number of hydrogen-bond acceptors (Lipinski definition) is 2. The van der Waals surface area contributed by atoms with Crippen LogP contribution in [0.15, 0.2) is 60.2 Å². The molecule has 1 N–H and O–H groups in total. The minimum Gasteiger partial charge on any atom is -0.383 e. The molecule has 4 aliphatic carbocycles. The van der Waals surface area contributed by atoms with E-state index in [9.17, 15) is 27.5 Å². The largest absolute Gasteiger partial charge is 0.456 e. The minimum atomic E-state index is -5.87. The van der Waals surface area contributed by atoms with Crippen molar-refractivity contribution in [2.45, 2.75) is 75.5 Å². The number of benzene rings is 2. The average molecular weight is 563 g/mol. The smallest absolute Gasteiger partial charge is 0.383 e. The SMILES string of the molecule is C[C@]12CC(c3ccc(-c4ccc(F)cc4)cc3)[C@H]3[C@@H](CCC4=CC(=O)CC[C@@H]43)[C@@H]1CCC2(O)C(F)(F)C(F)(F)F. The Morgan fingerprint density at radius 1 is 0.850 bits per heavy atom. The van der Waals surface area contributed by atoms with E-state index in [0.717, 1.165) is 22.3 Å². The molecule has 0 radical (unpaired) electrons. The van der Waals surface area contributed by atoms with Crippen molar-refractivity contribution in [3.05, 3.63) is 71.6 Å². The summed E-state index contributed by atoms with van der Waals surface area (Å²) in [5.74, 6) is -6.49. The first-order valence-electron chi connectivity index (χ1n) is 14.0. The van der Waals surface area contributed by atoms with Crippen molar-refractivity contribution < 1.29 is 36.2 Å². The maximum atomic E-state index is 15.1. The number of rotatable bonds is 3. The summed E-state index contributed by atoms with van der Waals surface area (Å²) in [5.41, 5.74) is -1.36.